The van der Waals surface area contributed by atoms with Gasteiger partial charge in [0, 0.05) is 19.6 Å². The molecule has 1 aromatic carbocycles. The number of halogens is 3. The van der Waals surface area contributed by atoms with Crippen molar-refractivity contribution < 1.29 is 18.0 Å². The number of aldehydes is 1. The fourth-order valence-electron chi connectivity index (χ4n) is 1.41. The summed E-state index contributed by atoms with van der Waals surface area (Å²) >= 11 is 0. The molecule has 0 bridgehead atoms. The average Bonchev–Trinajstić information content (AvgIpc) is 2.42. The molecule has 0 amide bonds. The van der Waals surface area contributed by atoms with E-state index in [1.54, 1.807) is 0 Å². The normalized spacial score (nSPS) is 10.1. The highest BCUT2D eigenvalue weighted by atomic mass is 19.4. The van der Waals surface area contributed by atoms with Gasteiger partial charge in [0.05, 0.1) is 5.56 Å². The minimum atomic E-state index is -4.26. The van der Waals surface area contributed by atoms with Gasteiger partial charge in [-0.15, -0.1) is 0 Å². The Morgan fingerprint density at radius 3 is 1.95 bits per heavy atom. The quantitative estimate of drug-likeness (QED) is 0.868. The maximum atomic E-state index is 12.3. The van der Waals surface area contributed by atoms with Gasteiger partial charge in [0.25, 0.3) is 0 Å². The third-order valence-electron chi connectivity index (χ3n) is 2.24. The topological polar surface area (TPSA) is 46.3 Å². The van der Waals surface area contributed by atoms with Crippen LogP contribution < -0.4 is 5.73 Å². The van der Waals surface area contributed by atoms with Crippen molar-refractivity contribution in [2.75, 3.05) is 20.1 Å². The summed E-state index contributed by atoms with van der Waals surface area (Å²) in [5.74, 6) is 0. The number of likely N-dealkylation sites (N-methyl/N-ethyl adjacent to an activating group) is 1. The van der Waals surface area contributed by atoms with Gasteiger partial charge < -0.3 is 15.4 Å². The van der Waals surface area contributed by atoms with Crippen molar-refractivity contribution in [1.82, 2.24) is 4.90 Å². The average molecular weight is 306 g/mol. The molecule has 0 radical (unpaired) electrons. The molecule has 0 aliphatic carbocycles. The first-order valence-corrected chi connectivity index (χ1v) is 6.79. The number of carbonyl (C=O) groups excluding carboxylic acids is 1. The number of carbonyl (C=O) groups is 1. The summed E-state index contributed by atoms with van der Waals surface area (Å²) in [6, 6.07) is 5.20. The number of hydrogen-bond acceptors (Lipinski definition) is 3. The third kappa shape index (κ3) is 11.0. The van der Waals surface area contributed by atoms with E-state index in [2.05, 4.69) is 0 Å². The Morgan fingerprint density at radius 2 is 1.62 bits per heavy atom. The molecule has 21 heavy (non-hydrogen) atoms. The summed E-state index contributed by atoms with van der Waals surface area (Å²) in [6.45, 7) is 7.31. The molecular formula is C15H25F3N2O. The minimum absolute atomic E-state index is 0.539. The van der Waals surface area contributed by atoms with E-state index in [0.717, 1.165) is 30.5 Å². The third-order valence-corrected chi connectivity index (χ3v) is 2.24. The zero-order chi connectivity index (χ0) is 16.9. The lowest BCUT2D eigenvalue weighted by Crippen LogP contribution is -2.24. The molecule has 0 aromatic heterocycles. The Bertz CT molecular complexity index is 364. The van der Waals surface area contributed by atoms with E-state index < -0.39 is 11.7 Å². The van der Waals surface area contributed by atoms with Crippen molar-refractivity contribution in [3.63, 3.8) is 0 Å². The van der Waals surface area contributed by atoms with Gasteiger partial charge in [0.15, 0.2) is 0 Å². The number of rotatable bonds is 4. The molecule has 6 heteroatoms. The molecule has 0 heterocycles. The molecule has 0 fully saturated rings. The van der Waals surface area contributed by atoms with Crippen molar-refractivity contribution in [2.24, 2.45) is 5.73 Å². The monoisotopic (exact) mass is 306 g/mol. The first kappa shape index (κ1) is 21.9. The lowest BCUT2D eigenvalue weighted by atomic mass is 10.1. The van der Waals surface area contributed by atoms with Crippen LogP contribution in [0, 0.1) is 0 Å². The first-order valence-electron chi connectivity index (χ1n) is 6.79. The molecule has 122 valence electrons. The van der Waals surface area contributed by atoms with Gasteiger partial charge in [-0.1, -0.05) is 26.0 Å². The fourth-order valence-corrected chi connectivity index (χ4v) is 1.41. The minimum Gasteiger partial charge on any atom is -0.329 e. The molecule has 1 aromatic rings. The summed E-state index contributed by atoms with van der Waals surface area (Å²) in [6.07, 6.45) is -3.51. The first-order chi connectivity index (χ1) is 9.85. The van der Waals surface area contributed by atoms with Gasteiger partial charge in [-0.3, -0.25) is 0 Å². The van der Waals surface area contributed by atoms with Gasteiger partial charge >= 0.3 is 6.18 Å². The lowest BCUT2D eigenvalue weighted by Gasteiger charge is -2.15. The Balaban J connectivity index is 0. The number of nitrogens with two attached hydrogens (primary N) is 1. The second kappa shape index (κ2) is 12.3. The van der Waals surface area contributed by atoms with Gasteiger partial charge in [-0.25, -0.2) is 0 Å². The van der Waals surface area contributed by atoms with E-state index in [1.807, 2.05) is 25.8 Å². The summed E-state index contributed by atoms with van der Waals surface area (Å²) in [5, 5.41) is 0. The largest absolute Gasteiger partial charge is 0.416 e. The van der Waals surface area contributed by atoms with Gasteiger partial charge in [-0.05, 0) is 31.7 Å². The zero-order valence-electron chi connectivity index (χ0n) is 13.1. The molecule has 1 rings (SSSR count). The molecule has 2 N–H and O–H groups in total. The van der Waals surface area contributed by atoms with Crippen molar-refractivity contribution in [3.8, 4) is 0 Å². The van der Waals surface area contributed by atoms with Gasteiger partial charge in [0.2, 0.25) is 0 Å². The van der Waals surface area contributed by atoms with Crippen LogP contribution >= 0.6 is 0 Å². The SMILES string of the molecule is CC.CC=O.CN(CCN)Cc1ccc(C(F)(F)F)cc1. The predicted octanol–water partition coefficient (Wildman–Crippen LogP) is 3.33. The number of nitrogens with zero attached hydrogens (tertiary/aromatic N) is 1. The van der Waals surface area contributed by atoms with Crippen LogP contribution in [-0.4, -0.2) is 31.3 Å². The number of alkyl halides is 3. The molecule has 0 aliphatic rings. The van der Waals surface area contributed by atoms with Crippen LogP contribution in [0.25, 0.3) is 0 Å². The summed E-state index contributed by atoms with van der Waals surface area (Å²) in [7, 11) is 1.88. The Labute approximate surface area is 124 Å². The van der Waals surface area contributed by atoms with Crippen LogP contribution in [0.15, 0.2) is 24.3 Å². The van der Waals surface area contributed by atoms with Crippen LogP contribution in [0.1, 0.15) is 31.9 Å². The van der Waals surface area contributed by atoms with E-state index >= 15 is 0 Å². The van der Waals surface area contributed by atoms with Crippen molar-refractivity contribution >= 4 is 6.29 Å². The molecule has 0 atom stereocenters. The van der Waals surface area contributed by atoms with E-state index in [0.29, 0.717) is 13.1 Å². The van der Waals surface area contributed by atoms with E-state index in [-0.39, 0.29) is 0 Å². The van der Waals surface area contributed by atoms with Crippen LogP contribution in [0.2, 0.25) is 0 Å². The van der Waals surface area contributed by atoms with Crippen LogP contribution in [-0.2, 0) is 17.5 Å². The van der Waals surface area contributed by atoms with E-state index in [4.69, 9.17) is 10.5 Å². The maximum Gasteiger partial charge on any atom is 0.416 e. The molecule has 0 unspecified atom stereocenters. The molecule has 0 saturated carbocycles. The number of benzene rings is 1. The van der Waals surface area contributed by atoms with Crippen molar-refractivity contribution in [1.29, 1.82) is 0 Å². The van der Waals surface area contributed by atoms with Crippen LogP contribution in [0.5, 0.6) is 0 Å². The summed E-state index contributed by atoms with van der Waals surface area (Å²) in [4.78, 5) is 10.8. The predicted molar refractivity (Wildman–Crippen MR) is 79.9 cm³/mol. The molecule has 3 nitrogen and oxygen atoms in total. The van der Waals surface area contributed by atoms with Crippen LogP contribution in [0.3, 0.4) is 0 Å². The van der Waals surface area contributed by atoms with Crippen molar-refractivity contribution in [2.45, 2.75) is 33.5 Å². The number of hydrogen-bond donors (Lipinski definition) is 1. The molecule has 0 saturated heterocycles. The highest BCUT2D eigenvalue weighted by molar-refractivity contribution is 5.44. The molecule has 0 aliphatic heterocycles. The zero-order valence-corrected chi connectivity index (χ0v) is 13.1. The molecular weight excluding hydrogens is 281 g/mol. The van der Waals surface area contributed by atoms with Gasteiger partial charge in [-0.2, -0.15) is 13.2 Å². The maximum absolute atomic E-state index is 12.3. The van der Waals surface area contributed by atoms with E-state index in [1.165, 1.54) is 19.1 Å². The standard InChI is InChI=1S/C11H15F3N2.C2H4O.C2H6/c1-16(7-6-15)8-9-2-4-10(5-3-9)11(12,13)14;1-2-3;1-2/h2-5H,6-8,15H2,1H3;2H,1H3;1-2H3. The summed E-state index contributed by atoms with van der Waals surface area (Å²) < 4.78 is 36.8. The van der Waals surface area contributed by atoms with Crippen LogP contribution in [0.4, 0.5) is 13.2 Å². The second-order valence-corrected chi connectivity index (χ2v) is 3.96. The Hall–Kier alpha value is -1.40. The molecule has 0 spiro atoms. The Kier molecular flexibility index (Phi) is 12.9. The highest BCUT2D eigenvalue weighted by Crippen LogP contribution is 2.29. The fraction of sp³-hybridized carbons (Fsp3) is 0.533. The van der Waals surface area contributed by atoms with E-state index in [9.17, 15) is 13.2 Å². The highest BCUT2D eigenvalue weighted by Gasteiger charge is 2.29. The second-order valence-electron chi connectivity index (χ2n) is 3.96. The van der Waals surface area contributed by atoms with Gasteiger partial charge in [0.1, 0.15) is 6.29 Å². The Morgan fingerprint density at radius 1 is 1.19 bits per heavy atom. The summed E-state index contributed by atoms with van der Waals surface area (Å²) in [5.41, 5.74) is 5.61. The lowest BCUT2D eigenvalue weighted by molar-refractivity contribution is -0.137. The van der Waals surface area contributed by atoms with Crippen molar-refractivity contribution in [3.05, 3.63) is 35.4 Å². The smallest absolute Gasteiger partial charge is 0.329 e.